The van der Waals surface area contributed by atoms with Gasteiger partial charge in [0.15, 0.2) is 0 Å². The minimum absolute atomic E-state index is 0.127. The summed E-state index contributed by atoms with van der Waals surface area (Å²) in [6.07, 6.45) is 1.62. The molecule has 0 bridgehead atoms. The average molecular weight is 453 g/mol. The number of aromatic nitrogens is 1. The minimum atomic E-state index is -0.384. The fourth-order valence-corrected chi connectivity index (χ4v) is 3.71. The number of para-hydroxylation sites is 1. The van der Waals surface area contributed by atoms with Gasteiger partial charge in [0, 0.05) is 35.4 Å². The molecule has 2 amide bonds. The van der Waals surface area contributed by atoms with Gasteiger partial charge in [-0.3, -0.25) is 14.6 Å². The molecule has 3 aromatic carbocycles. The number of anilines is 2. The molecule has 4 rings (SSSR count). The third kappa shape index (κ3) is 5.07. The van der Waals surface area contributed by atoms with E-state index in [4.69, 9.17) is 0 Å². The van der Waals surface area contributed by atoms with Crippen molar-refractivity contribution in [1.29, 1.82) is 0 Å². The van der Waals surface area contributed by atoms with Gasteiger partial charge in [0.05, 0.1) is 16.8 Å². The van der Waals surface area contributed by atoms with Gasteiger partial charge in [-0.25, -0.2) is 0 Å². The van der Waals surface area contributed by atoms with Crippen LogP contribution < -0.4 is 16.0 Å². The molecule has 0 saturated carbocycles. The first-order valence-electron chi connectivity index (χ1n) is 11.1. The van der Waals surface area contributed by atoms with Crippen LogP contribution in [0, 0.1) is 0 Å². The number of nitrogens with one attached hydrogen (secondary N) is 3. The predicted octanol–water partition coefficient (Wildman–Crippen LogP) is 5.53. The van der Waals surface area contributed by atoms with Gasteiger partial charge in [-0.2, -0.15) is 0 Å². The van der Waals surface area contributed by atoms with E-state index in [-0.39, 0.29) is 17.4 Å². The van der Waals surface area contributed by atoms with Crippen LogP contribution in [0.2, 0.25) is 0 Å². The third-order valence-electron chi connectivity index (χ3n) is 5.35. The van der Waals surface area contributed by atoms with Crippen LogP contribution >= 0.6 is 0 Å². The Kier molecular flexibility index (Phi) is 6.32. The second kappa shape index (κ2) is 9.35. The van der Waals surface area contributed by atoms with Gasteiger partial charge in [-0.05, 0) is 68.3 Å². The first kappa shape index (κ1) is 23.0. The topological polar surface area (TPSA) is 83.1 Å². The van der Waals surface area contributed by atoms with Crippen LogP contribution in [0.15, 0.2) is 79.0 Å². The number of nitrogens with zero attached hydrogens (tertiary/aromatic N) is 1. The molecule has 0 radical (unpaired) electrons. The molecule has 34 heavy (non-hydrogen) atoms. The quantitative estimate of drug-likeness (QED) is 0.372. The van der Waals surface area contributed by atoms with Crippen molar-refractivity contribution in [3.05, 3.63) is 90.1 Å². The highest BCUT2D eigenvalue weighted by Gasteiger charge is 2.21. The summed E-state index contributed by atoms with van der Waals surface area (Å²) >= 11 is 0. The maximum absolute atomic E-state index is 13.2. The molecule has 0 saturated heterocycles. The molecule has 0 aliphatic heterocycles. The number of hydrogen-bond donors (Lipinski definition) is 3. The van der Waals surface area contributed by atoms with E-state index in [0.717, 1.165) is 27.7 Å². The molecule has 0 atom stereocenters. The van der Waals surface area contributed by atoms with Gasteiger partial charge in [-0.1, -0.05) is 36.4 Å². The van der Waals surface area contributed by atoms with Crippen molar-refractivity contribution < 1.29 is 9.59 Å². The fourth-order valence-electron chi connectivity index (χ4n) is 3.71. The lowest BCUT2D eigenvalue weighted by Crippen LogP contribution is -2.40. The molecule has 1 aromatic heterocycles. The molecule has 4 aromatic rings. The smallest absolute Gasteiger partial charge is 0.255 e. The third-order valence-corrected chi connectivity index (χ3v) is 5.35. The summed E-state index contributed by atoms with van der Waals surface area (Å²) in [7, 11) is 1.61. The number of carbonyl (C=O) groups excluding carboxylic acids is 2. The molecule has 3 N–H and O–H groups in total. The highest BCUT2D eigenvalue weighted by atomic mass is 16.2. The van der Waals surface area contributed by atoms with Crippen molar-refractivity contribution in [1.82, 2.24) is 15.6 Å². The van der Waals surface area contributed by atoms with E-state index in [1.54, 1.807) is 25.4 Å². The number of benzene rings is 3. The van der Waals surface area contributed by atoms with Crippen LogP contribution in [-0.4, -0.2) is 29.4 Å². The van der Waals surface area contributed by atoms with Crippen molar-refractivity contribution in [3.63, 3.8) is 0 Å². The van der Waals surface area contributed by atoms with E-state index >= 15 is 0 Å². The molecule has 172 valence electrons. The first-order valence-corrected chi connectivity index (χ1v) is 11.1. The SMILES string of the molecule is CNC(=O)c1ccc(-c2ccc3ncc(C(=O)NC(C)(C)C)c(Nc4ccccc4)c3c2)cc1. The van der Waals surface area contributed by atoms with Gasteiger partial charge in [0.1, 0.15) is 0 Å². The zero-order valence-corrected chi connectivity index (χ0v) is 19.8. The number of hydrogen-bond acceptors (Lipinski definition) is 4. The zero-order chi connectivity index (χ0) is 24.3. The maximum Gasteiger partial charge on any atom is 0.255 e. The lowest BCUT2D eigenvalue weighted by atomic mass is 9.99. The molecular formula is C28H28N4O2. The molecule has 6 nitrogen and oxygen atoms in total. The second-order valence-corrected chi connectivity index (χ2v) is 9.13. The highest BCUT2D eigenvalue weighted by molar-refractivity contribution is 6.09. The molecule has 0 aliphatic rings. The van der Waals surface area contributed by atoms with Crippen LogP contribution in [0.5, 0.6) is 0 Å². The van der Waals surface area contributed by atoms with Crippen molar-refractivity contribution in [2.45, 2.75) is 26.3 Å². The van der Waals surface area contributed by atoms with Crippen LogP contribution in [0.25, 0.3) is 22.0 Å². The Labute approximate surface area is 199 Å². The normalized spacial score (nSPS) is 11.2. The molecule has 0 aliphatic carbocycles. The summed E-state index contributed by atoms with van der Waals surface area (Å²) < 4.78 is 0. The Morgan fingerprint density at radius 2 is 1.50 bits per heavy atom. The van der Waals surface area contributed by atoms with Gasteiger partial charge >= 0.3 is 0 Å². The maximum atomic E-state index is 13.2. The van der Waals surface area contributed by atoms with E-state index in [1.165, 1.54) is 0 Å². The number of carbonyl (C=O) groups is 2. The molecule has 1 heterocycles. The molecule has 0 spiro atoms. The monoisotopic (exact) mass is 452 g/mol. The second-order valence-electron chi connectivity index (χ2n) is 9.13. The van der Waals surface area contributed by atoms with Crippen LogP contribution in [0.4, 0.5) is 11.4 Å². The molecular weight excluding hydrogens is 424 g/mol. The van der Waals surface area contributed by atoms with Crippen molar-refractivity contribution in [2.24, 2.45) is 0 Å². The number of rotatable bonds is 5. The van der Waals surface area contributed by atoms with Crippen LogP contribution in [0.3, 0.4) is 0 Å². The zero-order valence-electron chi connectivity index (χ0n) is 19.8. The first-order chi connectivity index (χ1) is 16.2. The largest absolute Gasteiger partial charge is 0.355 e. The summed E-state index contributed by atoms with van der Waals surface area (Å²) in [6.45, 7) is 5.85. The number of pyridine rings is 1. The highest BCUT2D eigenvalue weighted by Crippen LogP contribution is 2.33. The Bertz CT molecular complexity index is 1340. The van der Waals surface area contributed by atoms with Crippen molar-refractivity contribution in [2.75, 3.05) is 12.4 Å². The standard InChI is InChI=1S/C28H28N4O2/c1-28(2,3)32-27(34)23-17-30-24-15-14-20(18-10-12-19(13-11-18)26(33)29-4)16-22(24)25(23)31-21-8-6-5-7-9-21/h5-17H,1-4H3,(H,29,33)(H,30,31)(H,32,34). The predicted molar refractivity (Wildman–Crippen MR) is 138 cm³/mol. The average Bonchev–Trinajstić information content (AvgIpc) is 2.83. The molecule has 0 unspecified atom stereocenters. The lowest BCUT2D eigenvalue weighted by Gasteiger charge is -2.22. The van der Waals surface area contributed by atoms with Gasteiger partial charge in [0.25, 0.3) is 11.8 Å². The Hall–Kier alpha value is -4.19. The van der Waals surface area contributed by atoms with E-state index in [2.05, 4.69) is 20.9 Å². The number of amides is 2. The van der Waals surface area contributed by atoms with Crippen molar-refractivity contribution >= 4 is 34.1 Å². The van der Waals surface area contributed by atoms with E-state index in [9.17, 15) is 9.59 Å². The van der Waals surface area contributed by atoms with E-state index in [1.807, 2.05) is 81.4 Å². The Balaban J connectivity index is 1.84. The minimum Gasteiger partial charge on any atom is -0.355 e. The van der Waals surface area contributed by atoms with Crippen molar-refractivity contribution in [3.8, 4) is 11.1 Å². The summed E-state index contributed by atoms with van der Waals surface area (Å²) in [5.41, 5.74) is 4.95. The molecule has 0 fully saturated rings. The van der Waals surface area contributed by atoms with Gasteiger partial charge in [-0.15, -0.1) is 0 Å². The molecule has 6 heteroatoms. The van der Waals surface area contributed by atoms with Gasteiger partial charge in [0.2, 0.25) is 0 Å². The Morgan fingerprint density at radius 1 is 0.824 bits per heavy atom. The van der Waals surface area contributed by atoms with Crippen LogP contribution in [-0.2, 0) is 0 Å². The van der Waals surface area contributed by atoms with Gasteiger partial charge < -0.3 is 16.0 Å². The summed E-state index contributed by atoms with van der Waals surface area (Å²) in [5.74, 6) is -0.321. The Morgan fingerprint density at radius 3 is 2.15 bits per heavy atom. The summed E-state index contributed by atoms with van der Waals surface area (Å²) in [4.78, 5) is 29.6. The van der Waals surface area contributed by atoms with E-state index < -0.39 is 0 Å². The van der Waals surface area contributed by atoms with Crippen LogP contribution in [0.1, 0.15) is 41.5 Å². The summed E-state index contributed by atoms with van der Waals surface area (Å²) in [6, 6.07) is 23.1. The summed E-state index contributed by atoms with van der Waals surface area (Å²) in [5, 5.41) is 9.94. The lowest BCUT2D eigenvalue weighted by molar-refractivity contribution is 0.0918. The van der Waals surface area contributed by atoms with E-state index in [0.29, 0.717) is 16.8 Å². The number of fused-ring (bicyclic) bond motifs is 1. The fraction of sp³-hybridized carbons (Fsp3) is 0.179.